The van der Waals surface area contributed by atoms with Crippen molar-refractivity contribution in [1.29, 1.82) is 0 Å². The highest BCUT2D eigenvalue weighted by molar-refractivity contribution is 5.78. The normalized spacial score (nSPS) is 24.0. The van der Waals surface area contributed by atoms with E-state index in [-0.39, 0.29) is 17.2 Å². The standard InChI is InChI=1S/C21H31N3O2/c1-2-22-19(25)15-23-13-6-11-21(16-23)12-9-20(26)24(17-21)14-10-18-7-4-3-5-8-18/h3-5,7-8H,2,6,9-17H2,1H3,(H,22,25)/t21-/m1/s1. The van der Waals surface area contributed by atoms with Crippen LogP contribution in [0.1, 0.15) is 38.2 Å². The van der Waals surface area contributed by atoms with Gasteiger partial charge in [0.05, 0.1) is 6.54 Å². The topological polar surface area (TPSA) is 52.7 Å². The van der Waals surface area contributed by atoms with E-state index in [9.17, 15) is 9.59 Å². The molecular weight excluding hydrogens is 326 g/mol. The molecule has 1 N–H and O–H groups in total. The molecule has 1 aromatic rings. The van der Waals surface area contributed by atoms with Gasteiger partial charge in [0.1, 0.15) is 0 Å². The van der Waals surface area contributed by atoms with Gasteiger partial charge in [-0.05, 0) is 44.7 Å². The molecule has 0 radical (unpaired) electrons. The zero-order chi connectivity index (χ0) is 18.4. The molecule has 5 nitrogen and oxygen atoms in total. The largest absolute Gasteiger partial charge is 0.355 e. The van der Waals surface area contributed by atoms with Crippen LogP contribution < -0.4 is 5.32 Å². The highest BCUT2D eigenvalue weighted by Crippen LogP contribution is 2.38. The zero-order valence-electron chi connectivity index (χ0n) is 15.9. The average molecular weight is 357 g/mol. The van der Waals surface area contributed by atoms with E-state index in [2.05, 4.69) is 39.4 Å². The Morgan fingerprint density at radius 1 is 1.19 bits per heavy atom. The van der Waals surface area contributed by atoms with Crippen LogP contribution in [0.5, 0.6) is 0 Å². The Balaban J connectivity index is 1.58. The summed E-state index contributed by atoms with van der Waals surface area (Å²) in [6, 6.07) is 10.4. The summed E-state index contributed by atoms with van der Waals surface area (Å²) < 4.78 is 0. The first-order chi connectivity index (χ1) is 12.6. The molecule has 1 spiro atoms. The third-order valence-corrected chi connectivity index (χ3v) is 5.74. The Hall–Kier alpha value is -1.88. The lowest BCUT2D eigenvalue weighted by atomic mass is 9.73. The van der Waals surface area contributed by atoms with Gasteiger partial charge in [-0.1, -0.05) is 30.3 Å². The molecule has 5 heteroatoms. The maximum absolute atomic E-state index is 12.4. The fraction of sp³-hybridized carbons (Fsp3) is 0.619. The van der Waals surface area contributed by atoms with Crippen molar-refractivity contribution in [3.63, 3.8) is 0 Å². The Morgan fingerprint density at radius 3 is 2.77 bits per heavy atom. The minimum atomic E-state index is 0.109. The number of hydrogen-bond acceptors (Lipinski definition) is 3. The molecule has 1 aromatic carbocycles. The Bertz CT molecular complexity index is 619. The predicted octanol–water partition coefficient (Wildman–Crippen LogP) is 2.07. The summed E-state index contributed by atoms with van der Waals surface area (Å²) >= 11 is 0. The summed E-state index contributed by atoms with van der Waals surface area (Å²) in [6.07, 6.45) is 4.78. The molecule has 0 saturated carbocycles. The molecule has 0 aromatic heterocycles. The first-order valence-electron chi connectivity index (χ1n) is 9.91. The van der Waals surface area contributed by atoms with Gasteiger partial charge in [0, 0.05) is 38.0 Å². The summed E-state index contributed by atoms with van der Waals surface area (Å²) in [4.78, 5) is 28.7. The van der Waals surface area contributed by atoms with E-state index < -0.39 is 0 Å². The van der Waals surface area contributed by atoms with E-state index in [1.807, 2.05) is 13.0 Å². The summed E-state index contributed by atoms with van der Waals surface area (Å²) in [5.41, 5.74) is 1.44. The molecule has 0 bridgehead atoms. The zero-order valence-corrected chi connectivity index (χ0v) is 15.9. The van der Waals surface area contributed by atoms with Crippen LogP contribution in [0.15, 0.2) is 30.3 Å². The van der Waals surface area contributed by atoms with Gasteiger partial charge in [-0.3, -0.25) is 14.5 Å². The minimum Gasteiger partial charge on any atom is -0.355 e. The summed E-state index contributed by atoms with van der Waals surface area (Å²) in [7, 11) is 0. The molecule has 142 valence electrons. The lowest BCUT2D eigenvalue weighted by Crippen LogP contribution is -2.55. The molecule has 2 aliphatic rings. The van der Waals surface area contributed by atoms with Crippen LogP contribution in [0.25, 0.3) is 0 Å². The number of amides is 2. The highest BCUT2D eigenvalue weighted by Gasteiger charge is 2.41. The van der Waals surface area contributed by atoms with Crippen molar-refractivity contribution >= 4 is 11.8 Å². The molecule has 0 unspecified atom stereocenters. The van der Waals surface area contributed by atoms with E-state index in [0.717, 1.165) is 51.9 Å². The lowest BCUT2D eigenvalue weighted by molar-refractivity contribution is -0.140. The number of piperidine rings is 2. The maximum atomic E-state index is 12.4. The van der Waals surface area contributed by atoms with Gasteiger partial charge in [-0.25, -0.2) is 0 Å². The van der Waals surface area contributed by atoms with Crippen LogP contribution in [0.2, 0.25) is 0 Å². The number of rotatable bonds is 6. The van der Waals surface area contributed by atoms with Crippen LogP contribution in [-0.4, -0.2) is 60.9 Å². The number of likely N-dealkylation sites (N-methyl/N-ethyl adjacent to an activating group) is 1. The molecule has 2 amide bonds. The van der Waals surface area contributed by atoms with Crippen LogP contribution in [0.4, 0.5) is 0 Å². The number of carbonyl (C=O) groups excluding carboxylic acids is 2. The van der Waals surface area contributed by atoms with Gasteiger partial charge in [0.15, 0.2) is 0 Å². The average Bonchev–Trinajstić information content (AvgIpc) is 2.64. The van der Waals surface area contributed by atoms with Gasteiger partial charge < -0.3 is 10.2 Å². The Labute approximate surface area is 156 Å². The second-order valence-corrected chi connectivity index (χ2v) is 7.82. The quantitative estimate of drug-likeness (QED) is 0.848. The fourth-order valence-electron chi connectivity index (χ4n) is 4.45. The van der Waals surface area contributed by atoms with Crippen molar-refractivity contribution in [3.8, 4) is 0 Å². The van der Waals surface area contributed by atoms with Crippen LogP contribution in [-0.2, 0) is 16.0 Å². The van der Waals surface area contributed by atoms with Crippen molar-refractivity contribution < 1.29 is 9.59 Å². The van der Waals surface area contributed by atoms with Crippen LogP contribution >= 0.6 is 0 Å². The molecular formula is C21H31N3O2. The number of nitrogens with zero attached hydrogens (tertiary/aromatic N) is 2. The second-order valence-electron chi connectivity index (χ2n) is 7.82. The molecule has 2 fully saturated rings. The van der Waals surface area contributed by atoms with Crippen molar-refractivity contribution in [2.24, 2.45) is 5.41 Å². The number of benzene rings is 1. The third kappa shape index (κ3) is 4.85. The van der Waals surface area contributed by atoms with E-state index in [0.29, 0.717) is 19.5 Å². The van der Waals surface area contributed by atoms with E-state index in [1.165, 1.54) is 5.56 Å². The second kappa shape index (κ2) is 8.67. The van der Waals surface area contributed by atoms with Crippen LogP contribution in [0, 0.1) is 5.41 Å². The molecule has 0 aliphatic carbocycles. The number of nitrogens with one attached hydrogen (secondary N) is 1. The van der Waals surface area contributed by atoms with Crippen molar-refractivity contribution in [3.05, 3.63) is 35.9 Å². The predicted molar refractivity (Wildman–Crippen MR) is 103 cm³/mol. The number of carbonyl (C=O) groups is 2. The van der Waals surface area contributed by atoms with E-state index >= 15 is 0 Å². The van der Waals surface area contributed by atoms with E-state index in [4.69, 9.17) is 0 Å². The molecule has 3 rings (SSSR count). The summed E-state index contributed by atoms with van der Waals surface area (Å²) in [5.74, 6) is 0.393. The van der Waals surface area contributed by atoms with Gasteiger partial charge in [-0.15, -0.1) is 0 Å². The lowest BCUT2D eigenvalue weighted by Gasteiger charge is -2.48. The SMILES string of the molecule is CCNC(=O)CN1CCC[C@@]2(CCC(=O)N(CCc3ccccc3)C2)C1. The fourth-order valence-corrected chi connectivity index (χ4v) is 4.45. The van der Waals surface area contributed by atoms with E-state index in [1.54, 1.807) is 0 Å². The number of hydrogen-bond donors (Lipinski definition) is 1. The molecule has 2 saturated heterocycles. The van der Waals surface area contributed by atoms with Gasteiger partial charge in [0.25, 0.3) is 0 Å². The van der Waals surface area contributed by atoms with Crippen molar-refractivity contribution in [2.75, 3.05) is 39.3 Å². The minimum absolute atomic E-state index is 0.109. The Morgan fingerprint density at radius 2 is 2.00 bits per heavy atom. The van der Waals surface area contributed by atoms with Gasteiger partial charge >= 0.3 is 0 Å². The highest BCUT2D eigenvalue weighted by atomic mass is 16.2. The summed E-state index contributed by atoms with van der Waals surface area (Å²) in [5, 5.41) is 2.89. The van der Waals surface area contributed by atoms with Crippen molar-refractivity contribution in [2.45, 2.75) is 39.0 Å². The Kier molecular flexibility index (Phi) is 6.30. The molecule has 2 aliphatic heterocycles. The number of likely N-dealkylation sites (tertiary alicyclic amines) is 2. The van der Waals surface area contributed by atoms with Gasteiger partial charge in [0.2, 0.25) is 11.8 Å². The summed E-state index contributed by atoms with van der Waals surface area (Å²) in [6.45, 7) is 6.65. The maximum Gasteiger partial charge on any atom is 0.234 e. The van der Waals surface area contributed by atoms with Gasteiger partial charge in [-0.2, -0.15) is 0 Å². The first kappa shape index (κ1) is 18.9. The van der Waals surface area contributed by atoms with Crippen LogP contribution in [0.3, 0.4) is 0 Å². The first-order valence-corrected chi connectivity index (χ1v) is 9.91. The molecule has 1 atom stereocenters. The molecule has 26 heavy (non-hydrogen) atoms. The van der Waals surface area contributed by atoms with Crippen molar-refractivity contribution in [1.82, 2.24) is 15.1 Å². The molecule has 2 heterocycles. The third-order valence-electron chi connectivity index (χ3n) is 5.74. The monoisotopic (exact) mass is 357 g/mol. The smallest absolute Gasteiger partial charge is 0.234 e.